The molecule has 2 nitrogen and oxygen atoms in total. The summed E-state index contributed by atoms with van der Waals surface area (Å²) in [6.45, 7) is 0. The molecule has 0 aliphatic heterocycles. The Morgan fingerprint density at radius 1 is 1.29 bits per heavy atom. The molecule has 1 aromatic rings. The van der Waals surface area contributed by atoms with Crippen LogP contribution in [0.3, 0.4) is 0 Å². The van der Waals surface area contributed by atoms with Crippen LogP contribution in [0.25, 0.3) is 0 Å². The highest BCUT2D eigenvalue weighted by Crippen LogP contribution is 2.13. The third kappa shape index (κ3) is 2.45. The minimum absolute atomic E-state index is 0.278. The second-order valence-corrected chi connectivity index (χ2v) is 2.79. The zero-order valence-corrected chi connectivity index (χ0v) is 7.30. The Bertz CT molecular complexity index is 341. The fraction of sp³-hybridized carbons (Fsp3) is 0.200. The summed E-state index contributed by atoms with van der Waals surface area (Å²) in [7, 11) is 0. The van der Waals surface area contributed by atoms with Crippen molar-refractivity contribution in [2.45, 2.75) is 12.8 Å². The molecular formula is C10H8F2O2. The summed E-state index contributed by atoms with van der Waals surface area (Å²) in [6.07, 6.45) is -0.272. The van der Waals surface area contributed by atoms with Crippen molar-refractivity contribution in [3.63, 3.8) is 0 Å². The summed E-state index contributed by atoms with van der Waals surface area (Å²) in [6, 6.07) is 3.37. The SMILES string of the molecule is O=CCC(=O)Cc1c(F)cccc1F. The smallest absolute Gasteiger partial charge is 0.144 e. The first-order valence-corrected chi connectivity index (χ1v) is 4.03. The van der Waals surface area contributed by atoms with Crippen molar-refractivity contribution in [3.05, 3.63) is 35.4 Å². The second-order valence-electron chi connectivity index (χ2n) is 2.79. The molecule has 0 radical (unpaired) electrons. The number of carbonyl (C=O) groups is 2. The van der Waals surface area contributed by atoms with Crippen molar-refractivity contribution in [1.29, 1.82) is 0 Å². The lowest BCUT2D eigenvalue weighted by Crippen LogP contribution is -2.06. The lowest BCUT2D eigenvalue weighted by Gasteiger charge is -2.01. The van der Waals surface area contributed by atoms with Gasteiger partial charge in [-0.15, -0.1) is 0 Å². The summed E-state index contributed by atoms with van der Waals surface area (Å²) < 4.78 is 25.9. The van der Waals surface area contributed by atoms with Crippen LogP contribution < -0.4 is 0 Å². The molecule has 4 heteroatoms. The largest absolute Gasteiger partial charge is 0.303 e. The molecule has 0 aromatic heterocycles. The molecule has 1 rings (SSSR count). The Hall–Kier alpha value is -1.58. The predicted octanol–water partition coefficient (Wildman–Crippen LogP) is 1.67. The van der Waals surface area contributed by atoms with Crippen molar-refractivity contribution in [1.82, 2.24) is 0 Å². The lowest BCUT2D eigenvalue weighted by molar-refractivity contribution is -0.121. The molecule has 0 heterocycles. The molecule has 0 bridgehead atoms. The van der Waals surface area contributed by atoms with E-state index >= 15 is 0 Å². The highest BCUT2D eigenvalue weighted by Gasteiger charge is 2.12. The number of rotatable bonds is 4. The molecular weight excluding hydrogens is 190 g/mol. The first-order chi connectivity index (χ1) is 6.65. The van der Waals surface area contributed by atoms with Gasteiger partial charge < -0.3 is 4.79 Å². The molecule has 1 aromatic carbocycles. The Balaban J connectivity index is 2.85. The maximum Gasteiger partial charge on any atom is 0.144 e. The van der Waals surface area contributed by atoms with Gasteiger partial charge in [-0.3, -0.25) is 4.79 Å². The quantitative estimate of drug-likeness (QED) is 0.544. The summed E-state index contributed by atoms with van der Waals surface area (Å²) in [4.78, 5) is 20.9. The highest BCUT2D eigenvalue weighted by molar-refractivity contribution is 5.91. The molecule has 0 atom stereocenters. The van der Waals surface area contributed by atoms with Crippen molar-refractivity contribution < 1.29 is 18.4 Å². The molecule has 0 aliphatic carbocycles. The van der Waals surface area contributed by atoms with Crippen LogP contribution in [0, 0.1) is 11.6 Å². The van der Waals surface area contributed by atoms with Gasteiger partial charge in [0, 0.05) is 12.0 Å². The Kier molecular flexibility index (Phi) is 3.45. The Labute approximate surface area is 79.5 Å². The van der Waals surface area contributed by atoms with E-state index in [-0.39, 0.29) is 18.4 Å². The van der Waals surface area contributed by atoms with Gasteiger partial charge in [0.05, 0.1) is 6.42 Å². The minimum atomic E-state index is -0.760. The van der Waals surface area contributed by atoms with E-state index in [1.165, 1.54) is 6.07 Å². The first-order valence-electron chi connectivity index (χ1n) is 4.03. The molecule has 0 spiro atoms. The van der Waals surface area contributed by atoms with E-state index in [1.54, 1.807) is 0 Å². The van der Waals surface area contributed by atoms with Crippen LogP contribution in [0.1, 0.15) is 12.0 Å². The Morgan fingerprint density at radius 3 is 2.36 bits per heavy atom. The van der Waals surface area contributed by atoms with Crippen molar-refractivity contribution >= 4 is 12.1 Å². The van der Waals surface area contributed by atoms with E-state index in [2.05, 4.69) is 0 Å². The Morgan fingerprint density at radius 2 is 1.86 bits per heavy atom. The van der Waals surface area contributed by atoms with E-state index in [1.807, 2.05) is 0 Å². The molecule has 0 fully saturated rings. The van der Waals surface area contributed by atoms with Crippen molar-refractivity contribution in [2.24, 2.45) is 0 Å². The third-order valence-electron chi connectivity index (χ3n) is 1.75. The summed E-state index contributed by atoms with van der Waals surface area (Å²) in [5.41, 5.74) is -0.278. The third-order valence-corrected chi connectivity index (χ3v) is 1.75. The molecule has 0 saturated heterocycles. The number of halogens is 2. The van der Waals surface area contributed by atoms with Gasteiger partial charge in [-0.2, -0.15) is 0 Å². The fourth-order valence-electron chi connectivity index (χ4n) is 1.06. The molecule has 0 unspecified atom stereocenters. The average molecular weight is 198 g/mol. The monoisotopic (exact) mass is 198 g/mol. The van der Waals surface area contributed by atoms with Gasteiger partial charge in [0.2, 0.25) is 0 Å². The van der Waals surface area contributed by atoms with Gasteiger partial charge in [-0.25, -0.2) is 8.78 Å². The summed E-state index contributed by atoms with van der Waals surface area (Å²) in [5.74, 6) is -2.02. The number of aldehydes is 1. The van der Waals surface area contributed by atoms with Gasteiger partial charge in [-0.1, -0.05) is 6.07 Å². The fourth-order valence-corrected chi connectivity index (χ4v) is 1.06. The van der Waals surface area contributed by atoms with Gasteiger partial charge >= 0.3 is 0 Å². The zero-order valence-electron chi connectivity index (χ0n) is 7.30. The molecule has 0 N–H and O–H groups in total. The van der Waals surface area contributed by atoms with E-state index < -0.39 is 17.4 Å². The lowest BCUT2D eigenvalue weighted by atomic mass is 10.1. The molecule has 0 saturated carbocycles. The standard InChI is InChI=1S/C10H8F2O2/c11-9-2-1-3-10(12)8(9)6-7(14)4-5-13/h1-3,5H,4,6H2. The van der Waals surface area contributed by atoms with Crippen LogP contribution in [0.5, 0.6) is 0 Å². The number of benzene rings is 1. The second kappa shape index (κ2) is 4.60. The first kappa shape index (κ1) is 10.5. The topological polar surface area (TPSA) is 34.1 Å². The predicted molar refractivity (Wildman–Crippen MR) is 45.8 cm³/mol. The number of carbonyl (C=O) groups excluding carboxylic acids is 2. The summed E-state index contributed by atoms with van der Waals surface area (Å²) in [5, 5.41) is 0. The molecule has 0 aliphatic rings. The minimum Gasteiger partial charge on any atom is -0.303 e. The zero-order chi connectivity index (χ0) is 10.6. The van der Waals surface area contributed by atoms with Crippen LogP contribution in [-0.2, 0) is 16.0 Å². The summed E-state index contributed by atoms with van der Waals surface area (Å²) >= 11 is 0. The normalized spacial score (nSPS) is 9.86. The van der Waals surface area contributed by atoms with Crippen LogP contribution in [-0.4, -0.2) is 12.1 Å². The van der Waals surface area contributed by atoms with Gasteiger partial charge in [0.1, 0.15) is 23.7 Å². The van der Waals surface area contributed by atoms with Gasteiger partial charge in [-0.05, 0) is 12.1 Å². The van der Waals surface area contributed by atoms with Crippen molar-refractivity contribution in [2.75, 3.05) is 0 Å². The molecule has 0 amide bonds. The number of hydrogen-bond donors (Lipinski definition) is 0. The van der Waals surface area contributed by atoms with Gasteiger partial charge in [0.25, 0.3) is 0 Å². The van der Waals surface area contributed by atoms with Crippen LogP contribution in [0.2, 0.25) is 0 Å². The number of hydrogen-bond acceptors (Lipinski definition) is 2. The number of Topliss-reactive ketones (excluding diaryl/α,β-unsaturated/α-hetero) is 1. The number of ketones is 1. The molecule has 74 valence electrons. The molecule has 14 heavy (non-hydrogen) atoms. The van der Waals surface area contributed by atoms with Gasteiger partial charge in [0.15, 0.2) is 0 Å². The van der Waals surface area contributed by atoms with Crippen molar-refractivity contribution in [3.8, 4) is 0 Å². The maximum atomic E-state index is 13.0. The van der Waals surface area contributed by atoms with Crippen LogP contribution in [0.4, 0.5) is 8.78 Å². The van der Waals surface area contributed by atoms with E-state index in [0.29, 0.717) is 6.29 Å². The van der Waals surface area contributed by atoms with E-state index in [4.69, 9.17) is 0 Å². The van der Waals surface area contributed by atoms with E-state index in [0.717, 1.165) is 12.1 Å². The average Bonchev–Trinajstić information content (AvgIpc) is 2.12. The van der Waals surface area contributed by atoms with Crippen LogP contribution >= 0.6 is 0 Å². The van der Waals surface area contributed by atoms with E-state index in [9.17, 15) is 18.4 Å². The van der Waals surface area contributed by atoms with Crippen LogP contribution in [0.15, 0.2) is 18.2 Å². The maximum absolute atomic E-state index is 13.0. The highest BCUT2D eigenvalue weighted by atomic mass is 19.1.